The van der Waals surface area contributed by atoms with Crippen LogP contribution in [0.5, 0.6) is 0 Å². The van der Waals surface area contributed by atoms with Gasteiger partial charge in [-0.05, 0) is 0 Å². The second-order valence-electron chi connectivity index (χ2n) is 18.0. The summed E-state index contributed by atoms with van der Waals surface area (Å²) in [4.78, 5) is 0. The summed E-state index contributed by atoms with van der Waals surface area (Å²) in [6.07, 6.45) is -76.8. The molecular formula is C24H28Na15O63S14+. The molecule has 0 saturated carbocycles. The summed E-state index contributed by atoms with van der Waals surface area (Å²) in [5, 5.41) is 0. The monoisotopic (exact) mass is 2120 g/mol. The van der Waals surface area contributed by atoms with Crippen molar-refractivity contribution >= 4 is 146 Å². The van der Waals surface area contributed by atoms with Gasteiger partial charge < -0.3 is 96.9 Å². The minimum atomic E-state index is -7.16. The molecule has 0 spiro atoms. The molecule has 0 aromatic carbocycles. The van der Waals surface area contributed by atoms with Crippen LogP contribution in [-0.4, -0.2) is 331 Å². The van der Waals surface area contributed by atoms with E-state index >= 15 is 0 Å². The third-order valence-corrected chi connectivity index (χ3v) is 17.3. The fourth-order valence-electron chi connectivity index (χ4n) is 8.30. The first kappa shape index (κ1) is 154. The Morgan fingerprint density at radius 3 is 0.517 bits per heavy atom. The topological polar surface area (TPSA) is 995 Å². The smallest absolute Gasteiger partial charge is 0.726 e. The maximum atomic E-state index is 12.6. The summed E-state index contributed by atoms with van der Waals surface area (Å²) in [7, 11) is -95.0. The van der Waals surface area contributed by atoms with Gasteiger partial charge in [-0.15, -0.1) is 0 Å². The molecule has 0 aromatic heterocycles. The molecule has 92 heteroatoms. The molecular weight excluding hydrogens is 2090 g/mol. The second kappa shape index (κ2) is 62.2. The molecule has 4 fully saturated rings. The fourth-order valence-corrected chi connectivity index (χ4v) is 14.6. The van der Waals surface area contributed by atoms with Crippen LogP contribution in [0.1, 0.15) is 0 Å². The first-order chi connectivity index (χ1) is 44.7. The zero-order chi connectivity index (χ0) is 78.2. The van der Waals surface area contributed by atoms with Crippen molar-refractivity contribution in [2.24, 2.45) is 0 Å². The number of hydrogen-bond donors (Lipinski definition) is 0. The van der Waals surface area contributed by atoms with Crippen molar-refractivity contribution < 1.29 is 717 Å². The molecule has 20 atom stereocenters. The standard InChI is InChI=1S/C24H42O63S14.15Na/c25-88(26,27)68-2-6-9(13(80-94(43,44)45)18(85-99(58,59)60)23(73-6)76-24-20(87-101(64,65)66)16(83-97(52,53)54)12(79-93(40,41)42)8(74-24)4-70-90(31,32)33)75-22-19(86-100(61,62)63)15(82-96(49,50)51)10(77-91(34,35)36)5(72-22)1-67-21-17(84-98(55,56)57)14(81-95(46,47)48)11(78-92(37,38)39)7(71-21)3-69-89(28,29)30;;;;;;;;;;;;;;;/h5-24H,1-4H2,(H,25,26,27)(H,28,29,30)(H,31,32,33)(H,34,35,36)(H,37,38,39)(H,40,41,42)(H,43,44,45)(H,46,47,48)(H,49,50,51)(H,52,53,54)(H,55,56,57)(H,58,59,60)(H,61,62,63)(H,64,65,66);;;;;;;;;;;;;;;/q;15*+1/p-14. The van der Waals surface area contributed by atoms with E-state index in [1.54, 1.807) is 0 Å². The molecule has 0 amide bonds. The summed E-state index contributed by atoms with van der Waals surface area (Å²) < 4.78 is 595. The van der Waals surface area contributed by atoms with E-state index in [1.807, 2.05) is 0 Å². The van der Waals surface area contributed by atoms with Crippen LogP contribution >= 0.6 is 0 Å². The first-order valence-electron chi connectivity index (χ1n) is 23.1. The molecule has 4 aliphatic rings. The summed E-state index contributed by atoms with van der Waals surface area (Å²) in [6, 6.07) is 0. The van der Waals surface area contributed by atoms with Gasteiger partial charge in [0.2, 0.25) is 146 Å². The number of ether oxygens (including phenoxy) is 7. The van der Waals surface area contributed by atoms with E-state index in [9.17, 15) is 182 Å². The van der Waals surface area contributed by atoms with Gasteiger partial charge in [-0.3, -0.25) is 58.6 Å². The largest absolute Gasteiger partial charge is 1.00 e. The van der Waals surface area contributed by atoms with E-state index in [0.717, 1.165) is 0 Å². The summed E-state index contributed by atoms with van der Waals surface area (Å²) in [6.45, 7) is -9.81. The Labute approximate surface area is 990 Å². The van der Waals surface area contributed by atoms with Crippen molar-refractivity contribution in [1.29, 1.82) is 0 Å². The second-order valence-corrected chi connectivity index (χ2v) is 32.2. The zero-order valence-electron chi connectivity index (χ0n) is 60.8. The molecule has 0 N–H and O–H groups in total. The van der Waals surface area contributed by atoms with E-state index in [-0.39, 0.29) is 443 Å². The summed E-state index contributed by atoms with van der Waals surface area (Å²) in [5.41, 5.74) is 0. The average molecular weight is 2120 g/mol. The van der Waals surface area contributed by atoms with Crippen LogP contribution in [0.25, 0.3) is 0 Å². The van der Waals surface area contributed by atoms with Gasteiger partial charge in [0.15, 0.2) is 49.6 Å². The number of hydrogen-bond acceptors (Lipinski definition) is 63. The Morgan fingerprint density at radius 2 is 0.319 bits per heavy atom. The molecule has 116 heavy (non-hydrogen) atoms. The van der Waals surface area contributed by atoms with Crippen LogP contribution in [0.15, 0.2) is 0 Å². The van der Waals surface area contributed by atoms with Gasteiger partial charge in [-0.25, -0.2) is 118 Å². The zero-order valence-corrected chi connectivity index (χ0v) is 102. The van der Waals surface area contributed by atoms with Crippen molar-refractivity contribution in [2.45, 2.75) is 123 Å². The minimum absolute atomic E-state index is 0. The normalized spacial score (nSPS) is 28.3. The maximum Gasteiger partial charge on any atom is 1.00 e. The van der Waals surface area contributed by atoms with Gasteiger partial charge in [0.05, 0.1) is 26.4 Å². The fraction of sp³-hybridized carbons (Fsp3) is 1.00. The molecule has 600 valence electrons. The Bertz CT molecular complexity index is 4670. The van der Waals surface area contributed by atoms with Crippen LogP contribution in [-0.2, 0) is 237 Å². The van der Waals surface area contributed by atoms with E-state index in [0.29, 0.717) is 0 Å². The van der Waals surface area contributed by atoms with Gasteiger partial charge in [0.1, 0.15) is 73.2 Å². The van der Waals surface area contributed by atoms with E-state index in [4.69, 9.17) is 33.2 Å². The van der Waals surface area contributed by atoms with Gasteiger partial charge >= 0.3 is 443 Å². The predicted octanol–water partition coefficient (Wildman–Crippen LogP) is -61.9. The van der Waals surface area contributed by atoms with Crippen LogP contribution in [0.3, 0.4) is 0 Å². The van der Waals surface area contributed by atoms with Crippen LogP contribution in [0.2, 0.25) is 0 Å². The van der Waals surface area contributed by atoms with Gasteiger partial charge in [-0.1, -0.05) is 0 Å². The van der Waals surface area contributed by atoms with Crippen molar-refractivity contribution in [3.63, 3.8) is 0 Å². The average Bonchev–Trinajstić information content (AvgIpc) is 0.756. The van der Waals surface area contributed by atoms with Crippen molar-refractivity contribution in [3.05, 3.63) is 0 Å². The molecule has 4 aliphatic heterocycles. The van der Waals surface area contributed by atoms with Gasteiger partial charge in [0.25, 0.3) is 0 Å². The Morgan fingerprint density at radius 1 is 0.172 bits per heavy atom. The van der Waals surface area contributed by atoms with E-state index in [2.05, 4.69) is 58.6 Å². The SMILES string of the molecule is O=S(=O)([O-])OCC1OC(OC2OC(COS(=O)(=O)[O-])C(OS(=O)(=O)[O-])C(OS(=O)(=O)[O-])C2OS(=O)(=O)[O-])C(OS(=O)(=O)[O-])C(OS(=O)(=O)[O-])C1OC1OC(COC2OC(COS(=O)(=O)[O-])C(OS(=O)(=O)[O-])C(OS(=O)(=O)[O-])C2OS(=O)(=O)[O-])C(OS(=O)(=O)[O-])C(OS(=O)(=O)[O-])C1OS(=O)(=O)[O-].[Na+].[Na+].[Na+].[Na+].[Na+].[Na+].[Na+].[Na+].[Na+].[Na+].[Na+].[Na+].[Na+].[Na+].[Na+]. The van der Waals surface area contributed by atoms with Gasteiger partial charge in [-0.2, -0.15) is 0 Å². The van der Waals surface area contributed by atoms with Gasteiger partial charge in [0, 0.05) is 0 Å². The molecule has 0 aliphatic carbocycles. The molecule has 4 heterocycles. The molecule has 63 nitrogen and oxygen atoms in total. The Hall–Kier alpha value is 12.9. The quantitative estimate of drug-likeness (QED) is 0.0315. The molecule has 4 rings (SSSR count). The third kappa shape index (κ3) is 62.8. The van der Waals surface area contributed by atoms with Crippen LogP contribution in [0.4, 0.5) is 0 Å². The molecule has 0 bridgehead atoms. The molecule has 20 unspecified atom stereocenters. The Balaban J connectivity index is -0.000000721. The molecule has 4 saturated heterocycles. The van der Waals surface area contributed by atoms with E-state index in [1.165, 1.54) is 0 Å². The molecule has 0 aromatic rings. The number of rotatable bonds is 38. The maximum absolute atomic E-state index is 12.6. The minimum Gasteiger partial charge on any atom is -0.726 e. The van der Waals surface area contributed by atoms with Crippen LogP contribution in [0, 0.1) is 0 Å². The Kier molecular flexibility index (Phi) is 82.8. The van der Waals surface area contributed by atoms with Crippen LogP contribution < -0.4 is 443 Å². The van der Waals surface area contributed by atoms with Crippen molar-refractivity contribution in [1.82, 2.24) is 0 Å². The van der Waals surface area contributed by atoms with Crippen molar-refractivity contribution in [3.8, 4) is 0 Å². The van der Waals surface area contributed by atoms with E-state index < -0.39 is 295 Å². The molecule has 0 radical (unpaired) electrons. The summed E-state index contributed by atoms with van der Waals surface area (Å²) >= 11 is 0. The van der Waals surface area contributed by atoms with Crippen molar-refractivity contribution in [2.75, 3.05) is 26.4 Å². The predicted molar refractivity (Wildman–Crippen MR) is 254 cm³/mol. The summed E-state index contributed by atoms with van der Waals surface area (Å²) in [5.74, 6) is 0. The third-order valence-electron chi connectivity index (χ3n) is 11.0. The first-order valence-corrected chi connectivity index (χ1v) is 41.8.